The molecule has 1 fully saturated rings. The predicted octanol–water partition coefficient (Wildman–Crippen LogP) is 3.26. The second-order valence-electron chi connectivity index (χ2n) is 10.6. The smallest absolute Gasteiger partial charge is 0.376 e. The molecule has 4 unspecified atom stereocenters. The molecule has 4 atom stereocenters. The number of hydrogen-bond donors (Lipinski definition) is 3. The standard InChI is InChI=1S/C29H35F3N4O6S/c1-3-22(33-2)26(37)35-25(19-13-15-20(16-14-19)42-43(40,41)29(30,31)32)28(39)36-17-7-12-24(36)27(38)34-23-11-6-9-18-8-4-5-10-21(18)23/h4-5,8,10,13-16,22-25,33H,3,6-7,9,11-12,17H2,1-2H3,(H,34,38)(H,35,37). The number of likely N-dealkylation sites (N-methyl/N-ethyl adjacent to an activating group) is 1. The van der Waals surface area contributed by atoms with E-state index in [1.54, 1.807) is 14.0 Å². The second-order valence-corrected chi connectivity index (χ2v) is 12.1. The summed E-state index contributed by atoms with van der Waals surface area (Å²) in [6.07, 6.45) is 3.99. The fourth-order valence-corrected chi connectivity index (χ4v) is 6.04. The molecule has 1 aliphatic heterocycles. The maximum atomic E-state index is 14.0. The number of alkyl halides is 3. The van der Waals surface area contributed by atoms with Gasteiger partial charge in [-0.3, -0.25) is 14.4 Å². The van der Waals surface area contributed by atoms with Gasteiger partial charge in [0.15, 0.2) is 0 Å². The van der Waals surface area contributed by atoms with Crippen LogP contribution in [0, 0.1) is 0 Å². The first kappa shape index (κ1) is 32.3. The Morgan fingerprint density at radius 1 is 1.05 bits per heavy atom. The van der Waals surface area contributed by atoms with Gasteiger partial charge in [-0.2, -0.15) is 21.6 Å². The lowest BCUT2D eigenvalue weighted by Crippen LogP contribution is -2.52. The van der Waals surface area contributed by atoms with E-state index in [4.69, 9.17) is 0 Å². The van der Waals surface area contributed by atoms with Gasteiger partial charge in [-0.05, 0) is 74.4 Å². The second kappa shape index (κ2) is 13.3. The Morgan fingerprint density at radius 3 is 2.40 bits per heavy atom. The van der Waals surface area contributed by atoms with Crippen molar-refractivity contribution in [2.24, 2.45) is 0 Å². The van der Waals surface area contributed by atoms with E-state index in [1.165, 1.54) is 22.6 Å². The summed E-state index contributed by atoms with van der Waals surface area (Å²) in [5.41, 5.74) is -3.22. The van der Waals surface area contributed by atoms with Crippen molar-refractivity contribution < 1.29 is 40.2 Å². The first-order chi connectivity index (χ1) is 20.4. The van der Waals surface area contributed by atoms with Gasteiger partial charge in [0.2, 0.25) is 17.7 Å². The lowest BCUT2D eigenvalue weighted by Gasteiger charge is -2.32. The van der Waals surface area contributed by atoms with Crippen LogP contribution in [0.25, 0.3) is 0 Å². The van der Waals surface area contributed by atoms with E-state index >= 15 is 0 Å². The van der Waals surface area contributed by atoms with Crippen molar-refractivity contribution in [3.63, 3.8) is 0 Å². The number of fused-ring (bicyclic) bond motifs is 1. The van der Waals surface area contributed by atoms with Crippen molar-refractivity contribution in [2.75, 3.05) is 13.6 Å². The average molecular weight is 625 g/mol. The number of nitrogens with one attached hydrogen (secondary N) is 3. The summed E-state index contributed by atoms with van der Waals surface area (Å²) in [6, 6.07) is 9.33. The van der Waals surface area contributed by atoms with E-state index in [1.807, 2.05) is 24.3 Å². The van der Waals surface area contributed by atoms with E-state index in [9.17, 15) is 36.0 Å². The highest BCUT2D eigenvalue weighted by Crippen LogP contribution is 2.32. The summed E-state index contributed by atoms with van der Waals surface area (Å²) < 4.78 is 65.3. The molecule has 0 saturated carbocycles. The molecule has 1 heterocycles. The van der Waals surface area contributed by atoms with Crippen LogP contribution in [0.5, 0.6) is 5.75 Å². The molecule has 10 nitrogen and oxygen atoms in total. The molecule has 0 spiro atoms. The zero-order valence-corrected chi connectivity index (χ0v) is 24.6. The Labute approximate surface area is 248 Å². The number of hydrogen-bond acceptors (Lipinski definition) is 7. The number of aryl methyl sites for hydroxylation is 1. The summed E-state index contributed by atoms with van der Waals surface area (Å²) >= 11 is 0. The summed E-state index contributed by atoms with van der Waals surface area (Å²) in [6.45, 7) is 2.04. The fraction of sp³-hybridized carbons (Fsp3) is 0.483. The first-order valence-electron chi connectivity index (χ1n) is 14.1. The van der Waals surface area contributed by atoms with Crippen molar-refractivity contribution in [1.29, 1.82) is 0 Å². The van der Waals surface area contributed by atoms with Gasteiger partial charge in [-0.1, -0.05) is 43.3 Å². The lowest BCUT2D eigenvalue weighted by atomic mass is 9.87. The molecular weight excluding hydrogens is 589 g/mol. The van der Waals surface area contributed by atoms with E-state index in [0.29, 0.717) is 19.3 Å². The highest BCUT2D eigenvalue weighted by atomic mass is 32.2. The normalized spacial score (nSPS) is 20.1. The Morgan fingerprint density at radius 2 is 1.74 bits per heavy atom. The zero-order chi connectivity index (χ0) is 31.4. The van der Waals surface area contributed by atoms with Crippen molar-refractivity contribution >= 4 is 27.8 Å². The van der Waals surface area contributed by atoms with Crippen molar-refractivity contribution in [3.8, 4) is 5.75 Å². The number of carbonyl (C=O) groups excluding carboxylic acids is 3. The zero-order valence-electron chi connectivity index (χ0n) is 23.8. The minimum atomic E-state index is -5.90. The predicted molar refractivity (Wildman–Crippen MR) is 151 cm³/mol. The van der Waals surface area contributed by atoms with Crippen LogP contribution >= 0.6 is 0 Å². The van der Waals surface area contributed by atoms with Gasteiger partial charge in [0.25, 0.3) is 0 Å². The van der Waals surface area contributed by atoms with E-state index in [-0.39, 0.29) is 24.1 Å². The van der Waals surface area contributed by atoms with Crippen molar-refractivity contribution in [3.05, 3.63) is 65.2 Å². The van der Waals surface area contributed by atoms with Gasteiger partial charge in [0.05, 0.1) is 12.1 Å². The number of rotatable bonds is 10. The summed E-state index contributed by atoms with van der Waals surface area (Å²) in [5.74, 6) is -1.99. The summed E-state index contributed by atoms with van der Waals surface area (Å²) in [7, 11) is -4.31. The third kappa shape index (κ3) is 7.29. The molecule has 3 N–H and O–H groups in total. The van der Waals surface area contributed by atoms with Crippen LogP contribution < -0.4 is 20.1 Å². The molecule has 2 aromatic rings. The van der Waals surface area contributed by atoms with Crippen LogP contribution in [-0.2, 0) is 30.9 Å². The maximum Gasteiger partial charge on any atom is 0.534 e. The SMILES string of the molecule is CCC(NC)C(=O)NC(C(=O)N1CCCC1C(=O)NC1CCCc2ccccc21)c1ccc(OS(=O)(=O)C(F)(F)F)cc1. The quantitative estimate of drug-likeness (QED) is 0.273. The van der Waals surface area contributed by atoms with Crippen molar-refractivity contribution in [2.45, 2.75) is 75.1 Å². The molecule has 2 aliphatic rings. The molecule has 2 aromatic carbocycles. The third-order valence-corrected chi connectivity index (χ3v) is 8.81. The Hall–Kier alpha value is -3.65. The van der Waals surface area contributed by atoms with E-state index in [2.05, 4.69) is 20.1 Å². The highest BCUT2D eigenvalue weighted by Gasteiger charge is 2.48. The number of likely N-dealkylation sites (tertiary alicyclic amines) is 1. The molecule has 14 heteroatoms. The van der Waals surface area contributed by atoms with Gasteiger partial charge in [-0.15, -0.1) is 0 Å². The molecule has 4 rings (SSSR count). The Kier molecular flexibility index (Phi) is 10.0. The molecular formula is C29H35F3N4O6S. The van der Waals surface area contributed by atoms with Crippen LogP contribution in [0.2, 0.25) is 0 Å². The molecule has 1 saturated heterocycles. The highest BCUT2D eigenvalue weighted by molar-refractivity contribution is 7.88. The van der Waals surface area contributed by atoms with E-state index < -0.39 is 51.3 Å². The van der Waals surface area contributed by atoms with Gasteiger partial charge < -0.3 is 25.0 Å². The number of benzene rings is 2. The first-order valence-corrected chi connectivity index (χ1v) is 15.5. The van der Waals surface area contributed by atoms with Crippen LogP contribution in [0.1, 0.15) is 67.8 Å². The van der Waals surface area contributed by atoms with Crippen molar-refractivity contribution in [1.82, 2.24) is 20.9 Å². The van der Waals surface area contributed by atoms with Crippen LogP contribution in [0.15, 0.2) is 48.5 Å². The number of halogens is 3. The minimum Gasteiger partial charge on any atom is -0.376 e. The number of amides is 3. The molecule has 0 radical (unpaired) electrons. The molecule has 0 bridgehead atoms. The molecule has 0 aromatic heterocycles. The maximum absolute atomic E-state index is 14.0. The van der Waals surface area contributed by atoms with Gasteiger partial charge in [0.1, 0.15) is 17.8 Å². The fourth-order valence-electron chi connectivity index (χ4n) is 5.58. The Balaban J connectivity index is 1.57. The molecule has 43 heavy (non-hydrogen) atoms. The largest absolute Gasteiger partial charge is 0.534 e. The third-order valence-electron chi connectivity index (χ3n) is 7.83. The van der Waals surface area contributed by atoms with E-state index in [0.717, 1.165) is 37.0 Å². The van der Waals surface area contributed by atoms with Crippen LogP contribution in [0.3, 0.4) is 0 Å². The minimum absolute atomic E-state index is 0.174. The summed E-state index contributed by atoms with van der Waals surface area (Å²) in [4.78, 5) is 41.9. The molecule has 234 valence electrons. The Bertz CT molecular complexity index is 1430. The topological polar surface area (TPSA) is 134 Å². The summed E-state index contributed by atoms with van der Waals surface area (Å²) in [5, 5.41) is 8.65. The average Bonchev–Trinajstić information content (AvgIpc) is 3.47. The lowest BCUT2D eigenvalue weighted by molar-refractivity contribution is -0.142. The number of carbonyl (C=O) groups is 3. The van der Waals surface area contributed by atoms with Crippen LogP contribution in [-0.4, -0.2) is 62.2 Å². The molecule has 3 amide bonds. The number of nitrogens with zero attached hydrogens (tertiary/aromatic N) is 1. The van der Waals surface area contributed by atoms with Crippen LogP contribution in [0.4, 0.5) is 13.2 Å². The monoisotopic (exact) mass is 624 g/mol. The van der Waals surface area contributed by atoms with Gasteiger partial charge in [0, 0.05) is 6.54 Å². The molecule has 1 aliphatic carbocycles. The van der Waals surface area contributed by atoms with Gasteiger partial charge >= 0.3 is 15.6 Å². The van der Waals surface area contributed by atoms with Gasteiger partial charge in [-0.25, -0.2) is 0 Å².